The van der Waals surface area contributed by atoms with E-state index in [1.807, 2.05) is 30.5 Å². The van der Waals surface area contributed by atoms with Crippen molar-refractivity contribution in [3.8, 4) is 5.75 Å². The Morgan fingerprint density at radius 3 is 2.75 bits per heavy atom. The van der Waals surface area contributed by atoms with Crippen LogP contribution in [0.3, 0.4) is 0 Å². The fourth-order valence-electron chi connectivity index (χ4n) is 2.65. The second kappa shape index (κ2) is 8.88. The van der Waals surface area contributed by atoms with Gasteiger partial charge in [0.05, 0.1) is 6.61 Å². The van der Waals surface area contributed by atoms with Gasteiger partial charge in [-0.15, -0.1) is 0 Å². The number of nitrogens with one attached hydrogen (secondary N) is 3. The molecule has 0 aromatic heterocycles. The van der Waals surface area contributed by atoms with E-state index < -0.39 is 0 Å². The third-order valence-electron chi connectivity index (χ3n) is 4.26. The second-order valence-corrected chi connectivity index (χ2v) is 7.62. The van der Waals surface area contributed by atoms with Crippen LogP contribution in [-0.4, -0.2) is 32.0 Å². The van der Waals surface area contributed by atoms with Crippen LogP contribution in [0.1, 0.15) is 45.6 Å². The van der Waals surface area contributed by atoms with Crippen molar-refractivity contribution in [3.05, 3.63) is 36.0 Å². The minimum Gasteiger partial charge on any atom is -0.494 e. The Morgan fingerprint density at radius 2 is 2.08 bits per heavy atom. The smallest absolute Gasteiger partial charge is 0.119 e. The molecule has 1 aliphatic heterocycles. The zero-order valence-corrected chi connectivity index (χ0v) is 15.2. The predicted molar refractivity (Wildman–Crippen MR) is 102 cm³/mol. The molecule has 4 heteroatoms. The molecule has 2 rings (SSSR count). The van der Waals surface area contributed by atoms with Crippen molar-refractivity contribution < 1.29 is 4.74 Å². The van der Waals surface area contributed by atoms with E-state index in [9.17, 15) is 0 Å². The first-order chi connectivity index (χ1) is 11.5. The van der Waals surface area contributed by atoms with Gasteiger partial charge < -0.3 is 20.8 Å². The summed E-state index contributed by atoms with van der Waals surface area (Å²) >= 11 is 0. The minimum atomic E-state index is 0.274. The molecule has 0 saturated carbocycles. The average molecular weight is 329 g/mol. The van der Waals surface area contributed by atoms with Crippen LogP contribution in [0, 0.1) is 10.8 Å². The van der Waals surface area contributed by atoms with Crippen LogP contribution in [-0.2, 0) is 0 Å². The summed E-state index contributed by atoms with van der Waals surface area (Å²) in [6.45, 7) is 9.48. The molecule has 24 heavy (non-hydrogen) atoms. The van der Waals surface area contributed by atoms with E-state index in [1.54, 1.807) is 0 Å². The topological polar surface area (TPSA) is 57.1 Å². The van der Waals surface area contributed by atoms with Crippen LogP contribution in [0.5, 0.6) is 5.75 Å². The Kier molecular flexibility index (Phi) is 6.85. The molecule has 3 N–H and O–H groups in total. The lowest BCUT2D eigenvalue weighted by atomic mass is 9.93. The third kappa shape index (κ3) is 6.36. The second-order valence-electron chi connectivity index (χ2n) is 7.62. The molecule has 1 aromatic rings. The van der Waals surface area contributed by atoms with Crippen LogP contribution in [0.25, 0.3) is 5.57 Å². The highest BCUT2D eigenvalue weighted by atomic mass is 16.5. The summed E-state index contributed by atoms with van der Waals surface area (Å²) in [5.41, 5.74) is 2.17. The fraction of sp³-hybridized carbons (Fsp3) is 0.550. The molecule has 0 bridgehead atoms. The lowest BCUT2D eigenvalue weighted by Gasteiger charge is -2.23. The van der Waals surface area contributed by atoms with Crippen LogP contribution < -0.4 is 15.4 Å². The minimum absolute atomic E-state index is 0.274. The van der Waals surface area contributed by atoms with E-state index in [1.165, 1.54) is 6.21 Å². The summed E-state index contributed by atoms with van der Waals surface area (Å²) in [6, 6.07) is 8.51. The van der Waals surface area contributed by atoms with Gasteiger partial charge in [0.2, 0.25) is 0 Å². The summed E-state index contributed by atoms with van der Waals surface area (Å²) < 4.78 is 5.88. The summed E-state index contributed by atoms with van der Waals surface area (Å²) in [5, 5.41) is 14.5. The van der Waals surface area contributed by atoms with Crippen molar-refractivity contribution in [3.63, 3.8) is 0 Å². The molecule has 1 fully saturated rings. The number of ether oxygens (including phenoxy) is 1. The van der Waals surface area contributed by atoms with Crippen molar-refractivity contribution >= 4 is 11.8 Å². The molecule has 1 aromatic carbocycles. The monoisotopic (exact) mass is 329 g/mol. The number of benzene rings is 1. The van der Waals surface area contributed by atoms with Crippen LogP contribution >= 0.6 is 0 Å². The summed E-state index contributed by atoms with van der Waals surface area (Å²) in [7, 11) is 0. The first-order valence-electron chi connectivity index (χ1n) is 8.88. The highest BCUT2D eigenvalue weighted by Gasteiger charge is 2.12. The zero-order valence-electron chi connectivity index (χ0n) is 15.2. The van der Waals surface area contributed by atoms with Crippen LogP contribution in [0.4, 0.5) is 0 Å². The maximum atomic E-state index is 7.72. The van der Waals surface area contributed by atoms with E-state index in [0.717, 1.165) is 49.2 Å². The fourth-order valence-corrected chi connectivity index (χ4v) is 2.65. The van der Waals surface area contributed by atoms with Gasteiger partial charge in [0.15, 0.2) is 0 Å². The zero-order chi connectivity index (χ0) is 17.4. The van der Waals surface area contributed by atoms with Gasteiger partial charge >= 0.3 is 0 Å². The molecule has 4 nitrogen and oxygen atoms in total. The van der Waals surface area contributed by atoms with Crippen molar-refractivity contribution in [1.29, 1.82) is 5.41 Å². The Morgan fingerprint density at radius 1 is 1.33 bits per heavy atom. The van der Waals surface area contributed by atoms with Crippen molar-refractivity contribution in [1.82, 2.24) is 10.6 Å². The predicted octanol–water partition coefficient (Wildman–Crippen LogP) is 3.83. The SMILES string of the molecule is CC(C)(C)CCOc1cccc(/C(C=N)=C/NC2CCNCC2)c1. The molecule has 0 aliphatic carbocycles. The lowest BCUT2D eigenvalue weighted by Crippen LogP contribution is -2.37. The molecule has 1 saturated heterocycles. The largest absolute Gasteiger partial charge is 0.494 e. The first kappa shape index (κ1) is 18.5. The van der Waals surface area contributed by atoms with E-state index in [4.69, 9.17) is 10.1 Å². The molecule has 0 unspecified atom stereocenters. The lowest BCUT2D eigenvalue weighted by molar-refractivity contribution is 0.243. The Bertz CT molecular complexity index is 554. The number of allylic oxidation sites excluding steroid dienone is 1. The number of hydrogen-bond donors (Lipinski definition) is 3. The molecule has 1 aliphatic rings. The molecular weight excluding hydrogens is 298 g/mol. The standard InChI is InChI=1S/C20H31N3O/c1-20(2,3)9-12-24-19-6-4-5-16(13-19)17(14-21)15-23-18-7-10-22-11-8-18/h4-6,13-15,18,21-23H,7-12H2,1-3H3/b17-15+,21-14?. The molecular formula is C20H31N3O. The van der Waals surface area contributed by atoms with Crippen LogP contribution in [0.15, 0.2) is 30.5 Å². The maximum Gasteiger partial charge on any atom is 0.119 e. The molecule has 1 heterocycles. The first-order valence-corrected chi connectivity index (χ1v) is 8.88. The van der Waals surface area contributed by atoms with Crippen LogP contribution in [0.2, 0.25) is 0 Å². The van der Waals surface area contributed by atoms with Gasteiger partial charge in [-0.1, -0.05) is 32.9 Å². The van der Waals surface area contributed by atoms with Gasteiger partial charge in [0, 0.05) is 24.0 Å². The van der Waals surface area contributed by atoms with E-state index in [2.05, 4.69) is 31.4 Å². The van der Waals surface area contributed by atoms with Gasteiger partial charge in [-0.25, -0.2) is 0 Å². The number of rotatable bonds is 7. The number of piperidine rings is 1. The number of hydrogen-bond acceptors (Lipinski definition) is 4. The average Bonchev–Trinajstić information content (AvgIpc) is 2.56. The van der Waals surface area contributed by atoms with E-state index >= 15 is 0 Å². The molecule has 0 amide bonds. The van der Waals surface area contributed by atoms with E-state index in [-0.39, 0.29) is 5.41 Å². The maximum absolute atomic E-state index is 7.72. The Labute approximate surface area is 146 Å². The third-order valence-corrected chi connectivity index (χ3v) is 4.26. The summed E-state index contributed by atoms with van der Waals surface area (Å²) in [6.07, 6.45) is 6.64. The van der Waals surface area contributed by atoms with E-state index in [0.29, 0.717) is 12.6 Å². The highest BCUT2D eigenvalue weighted by molar-refractivity contribution is 6.08. The molecule has 0 radical (unpaired) electrons. The Hall–Kier alpha value is -1.81. The van der Waals surface area contributed by atoms with Gasteiger partial charge in [0.1, 0.15) is 5.75 Å². The highest BCUT2D eigenvalue weighted by Crippen LogP contribution is 2.22. The molecule has 0 spiro atoms. The summed E-state index contributed by atoms with van der Waals surface area (Å²) in [5.74, 6) is 0.867. The van der Waals surface area contributed by atoms with Crippen molar-refractivity contribution in [2.24, 2.45) is 5.41 Å². The Balaban J connectivity index is 1.97. The van der Waals surface area contributed by atoms with Gasteiger partial charge in [0.25, 0.3) is 0 Å². The normalized spacial score (nSPS) is 16.7. The van der Waals surface area contributed by atoms with Gasteiger partial charge in [-0.2, -0.15) is 0 Å². The van der Waals surface area contributed by atoms with Crippen molar-refractivity contribution in [2.45, 2.75) is 46.1 Å². The molecule has 132 valence electrons. The van der Waals surface area contributed by atoms with Gasteiger partial charge in [-0.05, 0) is 55.5 Å². The van der Waals surface area contributed by atoms with Crippen molar-refractivity contribution in [2.75, 3.05) is 19.7 Å². The molecule has 0 atom stereocenters. The summed E-state index contributed by atoms with van der Waals surface area (Å²) in [4.78, 5) is 0. The van der Waals surface area contributed by atoms with Gasteiger partial charge in [-0.3, -0.25) is 0 Å². The quantitative estimate of drug-likeness (QED) is 0.666.